The molecule has 2 rings (SSSR count). The molecule has 0 saturated carbocycles. The van der Waals surface area contributed by atoms with Gasteiger partial charge in [-0.2, -0.15) is 21.9 Å². The summed E-state index contributed by atoms with van der Waals surface area (Å²) >= 11 is 1.06. The second kappa shape index (κ2) is 6.81. The Morgan fingerprint density at radius 3 is 2.90 bits per heavy atom. The number of aromatic nitrogens is 2. The Kier molecular flexibility index (Phi) is 5.07. The Hall–Kier alpha value is -1.74. The minimum atomic E-state index is -4.35. The zero-order valence-corrected chi connectivity index (χ0v) is 11.6. The van der Waals surface area contributed by atoms with Gasteiger partial charge >= 0.3 is 6.18 Å². The highest BCUT2D eigenvalue weighted by Gasteiger charge is 2.27. The minimum absolute atomic E-state index is 0.0280. The van der Waals surface area contributed by atoms with Crippen molar-refractivity contribution >= 4 is 28.7 Å². The maximum Gasteiger partial charge on any atom is 0.411 e. The third kappa shape index (κ3) is 4.94. The molecule has 2 aromatic rings. The molecule has 0 aliphatic carbocycles. The molecule has 0 spiro atoms. The smallest absolute Gasteiger partial charge is 0.370 e. The SMILES string of the molecule is O=C(Cc1cccc2nsnc12)NCCOCC(F)(F)F. The summed E-state index contributed by atoms with van der Waals surface area (Å²) < 4.78 is 48.0. The van der Waals surface area contributed by atoms with Gasteiger partial charge in [0.1, 0.15) is 17.6 Å². The van der Waals surface area contributed by atoms with E-state index >= 15 is 0 Å². The van der Waals surface area contributed by atoms with Gasteiger partial charge in [-0.3, -0.25) is 4.79 Å². The lowest BCUT2D eigenvalue weighted by Crippen LogP contribution is -2.30. The van der Waals surface area contributed by atoms with Crippen molar-refractivity contribution in [3.8, 4) is 0 Å². The fraction of sp³-hybridized carbons (Fsp3) is 0.417. The van der Waals surface area contributed by atoms with Crippen LogP contribution in [-0.4, -0.2) is 40.6 Å². The molecule has 0 atom stereocenters. The molecule has 0 bridgehead atoms. The van der Waals surface area contributed by atoms with E-state index in [1.54, 1.807) is 18.2 Å². The van der Waals surface area contributed by atoms with Crippen molar-refractivity contribution in [3.05, 3.63) is 23.8 Å². The van der Waals surface area contributed by atoms with Crippen LogP contribution in [0.25, 0.3) is 11.0 Å². The third-order valence-corrected chi connectivity index (χ3v) is 3.10. The number of hydrogen-bond donors (Lipinski definition) is 1. The molecule has 1 amide bonds. The van der Waals surface area contributed by atoms with Crippen LogP contribution in [0.4, 0.5) is 13.2 Å². The van der Waals surface area contributed by atoms with Gasteiger partial charge in [-0.05, 0) is 11.6 Å². The molecule has 0 saturated heterocycles. The van der Waals surface area contributed by atoms with Crippen LogP contribution in [0.5, 0.6) is 0 Å². The highest BCUT2D eigenvalue weighted by Crippen LogP contribution is 2.16. The first kappa shape index (κ1) is 15.6. The fourth-order valence-corrected chi connectivity index (χ4v) is 2.26. The van der Waals surface area contributed by atoms with Crippen molar-refractivity contribution in [1.82, 2.24) is 14.1 Å². The van der Waals surface area contributed by atoms with Gasteiger partial charge in [0.2, 0.25) is 5.91 Å². The van der Waals surface area contributed by atoms with Crippen molar-refractivity contribution in [2.24, 2.45) is 0 Å². The van der Waals surface area contributed by atoms with Crippen molar-refractivity contribution in [2.75, 3.05) is 19.8 Å². The van der Waals surface area contributed by atoms with Crippen molar-refractivity contribution in [3.63, 3.8) is 0 Å². The average molecular weight is 319 g/mol. The van der Waals surface area contributed by atoms with Crippen LogP contribution in [0.2, 0.25) is 0 Å². The van der Waals surface area contributed by atoms with E-state index in [1.165, 1.54) is 0 Å². The van der Waals surface area contributed by atoms with E-state index in [0.717, 1.165) is 22.8 Å². The molecule has 0 unspecified atom stereocenters. The highest BCUT2D eigenvalue weighted by molar-refractivity contribution is 7.00. The zero-order valence-electron chi connectivity index (χ0n) is 10.8. The van der Waals surface area contributed by atoms with E-state index in [9.17, 15) is 18.0 Å². The summed E-state index contributed by atoms with van der Waals surface area (Å²) in [5.41, 5.74) is 2.12. The normalized spacial score (nSPS) is 11.8. The van der Waals surface area contributed by atoms with Crippen LogP contribution in [0.15, 0.2) is 18.2 Å². The van der Waals surface area contributed by atoms with Gasteiger partial charge in [0.15, 0.2) is 0 Å². The largest absolute Gasteiger partial charge is 0.411 e. The van der Waals surface area contributed by atoms with E-state index in [4.69, 9.17) is 0 Å². The van der Waals surface area contributed by atoms with Crippen molar-refractivity contribution < 1.29 is 22.7 Å². The summed E-state index contributed by atoms with van der Waals surface area (Å²) in [5.74, 6) is -0.300. The predicted molar refractivity (Wildman–Crippen MR) is 71.0 cm³/mol. The van der Waals surface area contributed by atoms with Crippen LogP contribution < -0.4 is 5.32 Å². The number of alkyl halides is 3. The maximum atomic E-state index is 11.8. The van der Waals surface area contributed by atoms with Crippen molar-refractivity contribution in [1.29, 1.82) is 0 Å². The number of fused-ring (bicyclic) bond motifs is 1. The van der Waals surface area contributed by atoms with Gasteiger partial charge in [-0.25, -0.2) is 0 Å². The second-order valence-electron chi connectivity index (χ2n) is 4.24. The molecule has 5 nitrogen and oxygen atoms in total. The number of rotatable bonds is 6. The lowest BCUT2D eigenvalue weighted by molar-refractivity contribution is -0.173. The molecule has 9 heteroatoms. The van der Waals surface area contributed by atoms with Gasteiger partial charge in [0.05, 0.1) is 24.8 Å². The first-order chi connectivity index (χ1) is 9.96. The Bertz CT molecular complexity index is 615. The molecule has 1 N–H and O–H groups in total. The molecule has 114 valence electrons. The molecule has 1 aromatic heterocycles. The zero-order chi connectivity index (χ0) is 15.3. The Morgan fingerprint density at radius 2 is 2.14 bits per heavy atom. The summed E-state index contributed by atoms with van der Waals surface area (Å²) in [7, 11) is 0. The first-order valence-corrected chi connectivity index (χ1v) is 6.80. The Morgan fingerprint density at radius 1 is 1.33 bits per heavy atom. The minimum Gasteiger partial charge on any atom is -0.370 e. The summed E-state index contributed by atoms with van der Waals surface area (Å²) in [6, 6.07) is 5.34. The van der Waals surface area contributed by atoms with Gasteiger partial charge in [-0.1, -0.05) is 12.1 Å². The number of ether oxygens (including phenoxy) is 1. The van der Waals surface area contributed by atoms with Crippen LogP contribution >= 0.6 is 11.7 Å². The molecule has 0 radical (unpaired) electrons. The van der Waals surface area contributed by atoms with Gasteiger partial charge in [0, 0.05) is 6.54 Å². The fourth-order valence-electron chi connectivity index (χ4n) is 1.69. The lowest BCUT2D eigenvalue weighted by atomic mass is 10.1. The molecule has 0 aliphatic heterocycles. The number of carbonyl (C=O) groups is 1. The topological polar surface area (TPSA) is 64.1 Å². The monoisotopic (exact) mass is 319 g/mol. The molecule has 1 aromatic carbocycles. The summed E-state index contributed by atoms with van der Waals surface area (Å²) in [4.78, 5) is 11.7. The molecular weight excluding hydrogens is 307 g/mol. The number of nitrogens with zero attached hydrogens (tertiary/aromatic N) is 2. The number of benzene rings is 1. The number of nitrogens with one attached hydrogen (secondary N) is 1. The molecule has 21 heavy (non-hydrogen) atoms. The number of carbonyl (C=O) groups excluding carboxylic acids is 1. The summed E-state index contributed by atoms with van der Waals surface area (Å²) in [6.07, 6.45) is -4.25. The van der Waals surface area contributed by atoms with Gasteiger partial charge < -0.3 is 10.1 Å². The third-order valence-electron chi connectivity index (χ3n) is 2.55. The van der Waals surface area contributed by atoms with E-state index in [0.29, 0.717) is 5.52 Å². The Balaban J connectivity index is 1.76. The van der Waals surface area contributed by atoms with E-state index < -0.39 is 12.8 Å². The number of amides is 1. The molecular formula is C12H12F3N3O2S. The molecule has 0 aliphatic rings. The van der Waals surface area contributed by atoms with Gasteiger partial charge in [-0.15, -0.1) is 0 Å². The Labute approximate surface area is 122 Å². The predicted octanol–water partition coefficient (Wildman–Crippen LogP) is 1.93. The molecule has 1 heterocycles. The summed E-state index contributed by atoms with van der Waals surface area (Å²) in [5, 5.41) is 2.50. The summed E-state index contributed by atoms with van der Waals surface area (Å²) in [6.45, 7) is -1.47. The lowest BCUT2D eigenvalue weighted by Gasteiger charge is -2.08. The highest BCUT2D eigenvalue weighted by atomic mass is 32.1. The van der Waals surface area contributed by atoms with Crippen LogP contribution in [0.3, 0.4) is 0 Å². The first-order valence-electron chi connectivity index (χ1n) is 6.07. The quantitative estimate of drug-likeness (QED) is 0.826. The van der Waals surface area contributed by atoms with Crippen LogP contribution in [0, 0.1) is 0 Å². The van der Waals surface area contributed by atoms with E-state index in [1.807, 2.05) is 0 Å². The maximum absolute atomic E-state index is 11.8. The standard InChI is InChI=1S/C12H12F3N3O2S/c13-12(14,15)7-20-5-4-16-10(19)6-8-2-1-3-9-11(8)18-21-17-9/h1-3H,4-7H2,(H,16,19). The van der Waals surface area contributed by atoms with E-state index in [2.05, 4.69) is 18.8 Å². The van der Waals surface area contributed by atoms with Crippen LogP contribution in [-0.2, 0) is 16.0 Å². The van der Waals surface area contributed by atoms with E-state index in [-0.39, 0.29) is 25.5 Å². The van der Waals surface area contributed by atoms with Crippen molar-refractivity contribution in [2.45, 2.75) is 12.6 Å². The van der Waals surface area contributed by atoms with Gasteiger partial charge in [0.25, 0.3) is 0 Å². The molecule has 0 fully saturated rings. The number of halogens is 3. The van der Waals surface area contributed by atoms with Crippen LogP contribution in [0.1, 0.15) is 5.56 Å². The second-order valence-corrected chi connectivity index (χ2v) is 4.77. The number of hydrogen-bond acceptors (Lipinski definition) is 5. The average Bonchev–Trinajstić information content (AvgIpc) is 2.86.